The largest absolute Gasteiger partial charge is 0.377 e. The number of benzene rings is 2. The van der Waals surface area contributed by atoms with E-state index in [9.17, 15) is 18.0 Å². The Labute approximate surface area is 299 Å². The van der Waals surface area contributed by atoms with E-state index < -0.39 is 27.1 Å². The molecule has 2 amide bonds. The normalized spacial score (nSPS) is 20.3. The van der Waals surface area contributed by atoms with Crippen LogP contribution in [0.4, 0.5) is 10.2 Å². The smallest absolute Gasteiger partial charge is 0.263 e. The summed E-state index contributed by atoms with van der Waals surface area (Å²) in [4.78, 5) is 36.1. The van der Waals surface area contributed by atoms with E-state index in [1.54, 1.807) is 43.0 Å². The second-order valence-electron chi connectivity index (χ2n) is 14.0. The number of sulfonamides is 1. The van der Waals surface area contributed by atoms with Gasteiger partial charge in [-0.2, -0.15) is 0 Å². The van der Waals surface area contributed by atoms with Crippen LogP contribution in [0.1, 0.15) is 94.1 Å². The molecule has 1 spiro atoms. The summed E-state index contributed by atoms with van der Waals surface area (Å²) in [5.74, 6) is 0.669. The number of amidine groups is 1. The van der Waals surface area contributed by atoms with Gasteiger partial charge in [-0.1, -0.05) is 54.9 Å². The highest BCUT2D eigenvalue weighted by Gasteiger charge is 2.53. The lowest BCUT2D eigenvalue weighted by Gasteiger charge is -2.39. The van der Waals surface area contributed by atoms with Crippen LogP contribution < -0.4 is 4.72 Å². The molecule has 0 bridgehead atoms. The first kappa shape index (κ1) is 36.7. The fraction of sp³-hybridized carbons (Fsp3) is 0.526. The highest BCUT2D eigenvalue weighted by atomic mass is 32.2. The Hall–Kier alpha value is -4.10. The highest BCUT2D eigenvalue weighted by Crippen LogP contribution is 2.40. The van der Waals surface area contributed by atoms with E-state index in [2.05, 4.69) is 16.8 Å². The average Bonchev–Trinajstić information content (AvgIpc) is 3.78. The Balaban J connectivity index is 1.30. The van der Waals surface area contributed by atoms with Crippen LogP contribution in [-0.4, -0.2) is 71.9 Å². The van der Waals surface area contributed by atoms with Crippen LogP contribution in [0.2, 0.25) is 0 Å². The molecule has 3 heterocycles. The van der Waals surface area contributed by atoms with Crippen molar-refractivity contribution in [3.05, 3.63) is 64.9 Å². The van der Waals surface area contributed by atoms with Crippen molar-refractivity contribution in [1.29, 1.82) is 0 Å². The number of aryl methyl sites for hydroxylation is 1. The number of piperidine rings is 1. The van der Waals surface area contributed by atoms with Crippen LogP contribution in [0.3, 0.4) is 0 Å². The van der Waals surface area contributed by atoms with Crippen molar-refractivity contribution in [2.45, 2.75) is 115 Å². The molecule has 6 rings (SSSR count). The molecule has 1 aromatic heterocycles. The molecule has 3 aromatic rings. The van der Waals surface area contributed by atoms with Crippen molar-refractivity contribution in [3.8, 4) is 11.1 Å². The van der Waals surface area contributed by atoms with Crippen molar-refractivity contribution >= 4 is 33.5 Å². The van der Waals surface area contributed by atoms with Crippen LogP contribution in [-0.2, 0) is 37.5 Å². The van der Waals surface area contributed by atoms with E-state index in [0.29, 0.717) is 73.5 Å². The van der Waals surface area contributed by atoms with Gasteiger partial charge in [-0.05, 0) is 88.5 Å². The maximum absolute atomic E-state index is 15.6. The Kier molecular flexibility index (Phi) is 10.7. The first-order valence-corrected chi connectivity index (χ1v) is 19.5. The third-order valence-corrected chi connectivity index (χ3v) is 11.8. The van der Waals surface area contributed by atoms with Gasteiger partial charge in [0.05, 0.1) is 24.6 Å². The fourth-order valence-corrected chi connectivity index (χ4v) is 8.74. The number of carbonyl (C=O) groups is 2. The molecule has 2 aliphatic heterocycles. The summed E-state index contributed by atoms with van der Waals surface area (Å²) in [7, 11) is -4.06. The minimum atomic E-state index is -4.06. The number of aromatic nitrogens is 1. The molecule has 11 nitrogen and oxygen atoms in total. The molecule has 1 aliphatic carbocycles. The summed E-state index contributed by atoms with van der Waals surface area (Å²) >= 11 is 0. The number of nitrogens with one attached hydrogen (secondary N) is 1. The number of unbranched alkanes of at least 4 members (excludes halogenated alkanes) is 1. The van der Waals surface area contributed by atoms with Gasteiger partial charge in [-0.25, -0.2) is 12.8 Å². The molecule has 1 saturated carbocycles. The second-order valence-corrected chi connectivity index (χ2v) is 15.7. The molecule has 2 fully saturated rings. The van der Waals surface area contributed by atoms with Crippen molar-refractivity contribution < 1.29 is 31.7 Å². The summed E-state index contributed by atoms with van der Waals surface area (Å²) in [5, 5.41) is 3.88. The number of amides is 2. The van der Waals surface area contributed by atoms with Crippen LogP contribution in [0, 0.1) is 13.8 Å². The number of alkyl halides is 1. The maximum Gasteiger partial charge on any atom is 0.263 e. The third kappa shape index (κ3) is 7.32. The SMILES string of the molecule is CCCCC1=N[C@@]2(CCCN(C(=O)C3(F)CCCC3)C2)C(=O)N1Cc1ccc(-c2ccccc2S(=O)(=O)Nc2noc(C)c2C)c(COCC)c1. The van der Waals surface area contributed by atoms with E-state index in [-0.39, 0.29) is 49.2 Å². The summed E-state index contributed by atoms with van der Waals surface area (Å²) in [6, 6.07) is 12.5. The molecular formula is C38H48FN5O6S. The van der Waals surface area contributed by atoms with Gasteiger partial charge in [0.25, 0.3) is 21.8 Å². The average molecular weight is 722 g/mol. The number of rotatable bonds is 13. The number of hydrogen-bond acceptors (Lipinski definition) is 8. The molecule has 1 atom stereocenters. The molecule has 1 saturated heterocycles. The monoisotopic (exact) mass is 721 g/mol. The lowest BCUT2D eigenvalue weighted by molar-refractivity contribution is -0.148. The van der Waals surface area contributed by atoms with Gasteiger partial charge in [0, 0.05) is 30.7 Å². The number of ether oxygens (including phenoxy) is 1. The Morgan fingerprint density at radius 3 is 2.53 bits per heavy atom. The zero-order valence-electron chi connectivity index (χ0n) is 30.0. The molecule has 0 radical (unpaired) electrons. The van der Waals surface area contributed by atoms with E-state index in [1.807, 2.05) is 25.1 Å². The lowest BCUT2D eigenvalue weighted by Crippen LogP contribution is -2.57. The van der Waals surface area contributed by atoms with Gasteiger partial charge in [0.1, 0.15) is 11.6 Å². The zero-order chi connectivity index (χ0) is 36.4. The predicted molar refractivity (Wildman–Crippen MR) is 192 cm³/mol. The highest BCUT2D eigenvalue weighted by molar-refractivity contribution is 7.92. The van der Waals surface area contributed by atoms with Crippen LogP contribution >= 0.6 is 0 Å². The number of aliphatic imine (C=N–C) groups is 1. The van der Waals surface area contributed by atoms with Crippen molar-refractivity contribution in [1.82, 2.24) is 15.0 Å². The van der Waals surface area contributed by atoms with Crippen LogP contribution in [0.5, 0.6) is 0 Å². The van der Waals surface area contributed by atoms with Gasteiger partial charge < -0.3 is 14.2 Å². The summed E-state index contributed by atoms with van der Waals surface area (Å²) in [6.45, 7) is 8.85. The maximum atomic E-state index is 15.6. The molecule has 2 aromatic carbocycles. The quantitative estimate of drug-likeness (QED) is 0.204. The minimum Gasteiger partial charge on any atom is -0.377 e. The summed E-state index contributed by atoms with van der Waals surface area (Å²) in [5.41, 5.74) is 0.386. The van der Waals surface area contributed by atoms with Gasteiger partial charge in [0.15, 0.2) is 17.0 Å². The number of carbonyl (C=O) groups excluding carboxylic acids is 2. The topological polar surface area (TPSA) is 134 Å². The summed E-state index contributed by atoms with van der Waals surface area (Å²) < 4.78 is 56.6. The number of likely N-dealkylation sites (tertiary alicyclic amines) is 1. The molecule has 51 heavy (non-hydrogen) atoms. The Morgan fingerprint density at radius 2 is 1.82 bits per heavy atom. The standard InChI is InChI=1S/C38H48FN5O6S/c1-5-7-15-33-40-38(20-12-21-43(25-38)35(45)37(39)18-10-11-19-37)36(46)44(33)23-28-16-17-30(29(22-28)24-49-6-2)31-13-8-9-14-32(31)51(47,48)42-34-26(3)27(4)50-41-34/h8-9,13-14,16-17,22H,5-7,10-12,15,18-21,23-25H2,1-4H3,(H,41,42)/t38-/m1/s1. The predicted octanol–water partition coefficient (Wildman–Crippen LogP) is 6.87. The molecule has 13 heteroatoms. The number of anilines is 1. The number of halogens is 1. The first-order valence-electron chi connectivity index (χ1n) is 18.0. The van der Waals surface area contributed by atoms with Crippen molar-refractivity contribution in [2.24, 2.45) is 4.99 Å². The van der Waals surface area contributed by atoms with Crippen LogP contribution in [0.25, 0.3) is 11.1 Å². The molecule has 3 aliphatic rings. The second kappa shape index (κ2) is 14.9. The van der Waals surface area contributed by atoms with Gasteiger partial charge >= 0.3 is 0 Å². The van der Waals surface area contributed by atoms with Crippen molar-refractivity contribution in [3.63, 3.8) is 0 Å². The number of hydrogen-bond donors (Lipinski definition) is 1. The third-order valence-electron chi connectivity index (χ3n) is 10.4. The number of nitrogens with zero attached hydrogens (tertiary/aromatic N) is 4. The van der Waals surface area contributed by atoms with Crippen LogP contribution in [0.15, 0.2) is 56.9 Å². The lowest BCUT2D eigenvalue weighted by atomic mass is 9.87. The molecule has 1 N–H and O–H groups in total. The van der Waals surface area contributed by atoms with Gasteiger partial charge in [-0.15, -0.1) is 0 Å². The fourth-order valence-electron chi connectivity index (χ4n) is 7.46. The summed E-state index contributed by atoms with van der Waals surface area (Å²) in [6.07, 6.45) is 5.30. The van der Waals surface area contributed by atoms with Gasteiger partial charge in [0.2, 0.25) is 0 Å². The van der Waals surface area contributed by atoms with E-state index in [1.165, 1.54) is 4.90 Å². The van der Waals surface area contributed by atoms with E-state index in [4.69, 9.17) is 14.3 Å². The van der Waals surface area contributed by atoms with Crippen molar-refractivity contribution in [2.75, 3.05) is 24.4 Å². The van der Waals surface area contributed by atoms with E-state index >= 15 is 4.39 Å². The van der Waals surface area contributed by atoms with Gasteiger partial charge in [-0.3, -0.25) is 24.2 Å². The molecule has 0 unspecified atom stereocenters. The molecule has 274 valence electrons. The first-order chi connectivity index (χ1) is 24.4. The van der Waals surface area contributed by atoms with E-state index in [0.717, 1.165) is 24.0 Å². The molecular weight excluding hydrogens is 674 g/mol. The minimum absolute atomic E-state index is 0.0743. The Morgan fingerprint density at radius 1 is 1.06 bits per heavy atom. The Bertz CT molecular complexity index is 1920. The zero-order valence-corrected chi connectivity index (χ0v) is 30.8.